The van der Waals surface area contributed by atoms with Crippen LogP contribution < -0.4 is 15.4 Å². The van der Waals surface area contributed by atoms with Gasteiger partial charge in [0.05, 0.1) is 0 Å². The lowest BCUT2D eigenvalue weighted by atomic mass is 10.4. The summed E-state index contributed by atoms with van der Waals surface area (Å²) in [4.78, 5) is 12.6. The van der Waals surface area contributed by atoms with E-state index in [4.69, 9.17) is 0 Å². The molecule has 0 aromatic carbocycles. The van der Waals surface area contributed by atoms with E-state index in [0.29, 0.717) is 24.0 Å². The van der Waals surface area contributed by atoms with Crippen molar-refractivity contribution in [1.82, 2.24) is 24.2 Å². The van der Waals surface area contributed by atoms with Gasteiger partial charge in [-0.15, -0.1) is 0 Å². The van der Waals surface area contributed by atoms with Crippen LogP contribution >= 0.6 is 0 Å². The summed E-state index contributed by atoms with van der Waals surface area (Å²) in [5.41, 5.74) is 0. The van der Waals surface area contributed by atoms with Crippen LogP contribution in [0.5, 0.6) is 0 Å². The van der Waals surface area contributed by atoms with E-state index in [1.54, 1.807) is 31.5 Å². The van der Waals surface area contributed by atoms with Gasteiger partial charge < -0.3 is 15.2 Å². The lowest BCUT2D eigenvalue weighted by Crippen LogP contribution is -2.29. The van der Waals surface area contributed by atoms with Crippen LogP contribution in [0.2, 0.25) is 0 Å². The molecule has 3 N–H and O–H groups in total. The van der Waals surface area contributed by atoms with Gasteiger partial charge in [0.25, 0.3) is 10.0 Å². The Kier molecular flexibility index (Phi) is 5.73. The third-order valence-corrected chi connectivity index (χ3v) is 4.61. The molecule has 0 aliphatic heterocycles. The van der Waals surface area contributed by atoms with E-state index in [1.165, 1.54) is 6.20 Å². The highest BCUT2D eigenvalue weighted by Crippen LogP contribution is 2.10. The summed E-state index contributed by atoms with van der Waals surface area (Å²) in [5, 5.41) is 6.22. The zero-order chi connectivity index (χ0) is 17.7. The number of hydrogen-bond acceptors (Lipinski definition) is 7. The van der Waals surface area contributed by atoms with Gasteiger partial charge in [-0.05, 0) is 20.8 Å². The molecule has 0 fully saturated rings. The van der Waals surface area contributed by atoms with E-state index >= 15 is 0 Å². The second-order valence-electron chi connectivity index (χ2n) is 5.28. The van der Waals surface area contributed by atoms with Crippen molar-refractivity contribution in [2.24, 2.45) is 7.05 Å². The van der Waals surface area contributed by atoms with Crippen LogP contribution in [0.25, 0.3) is 0 Å². The Morgan fingerprint density at radius 1 is 1.08 bits per heavy atom. The summed E-state index contributed by atoms with van der Waals surface area (Å²) in [7, 11) is -1.86. The standard InChI is InChI=1S/C14H23N7O2S/c1-5-15-12-8-13(19-10(2)18-12)16-6-7-17-24(22,23)14-9-21(4)11(3)20-14/h8-9,17H,5-7H2,1-4H3,(H2,15,16,18,19). The first-order valence-electron chi connectivity index (χ1n) is 7.65. The summed E-state index contributed by atoms with van der Waals surface area (Å²) in [6, 6.07) is 1.78. The molecule has 0 bridgehead atoms. The van der Waals surface area contributed by atoms with Crippen molar-refractivity contribution in [2.75, 3.05) is 30.3 Å². The Morgan fingerprint density at radius 2 is 1.75 bits per heavy atom. The van der Waals surface area contributed by atoms with E-state index in [9.17, 15) is 8.42 Å². The zero-order valence-corrected chi connectivity index (χ0v) is 15.1. The molecule has 132 valence electrons. The molecule has 10 heteroatoms. The van der Waals surface area contributed by atoms with Crippen molar-refractivity contribution in [3.05, 3.63) is 23.9 Å². The maximum Gasteiger partial charge on any atom is 0.259 e. The van der Waals surface area contributed by atoms with Gasteiger partial charge in [-0.25, -0.2) is 28.1 Å². The fourth-order valence-corrected chi connectivity index (χ4v) is 3.10. The molecule has 0 spiro atoms. The summed E-state index contributed by atoms with van der Waals surface area (Å²) >= 11 is 0. The largest absolute Gasteiger partial charge is 0.370 e. The molecule has 0 atom stereocenters. The quantitative estimate of drug-likeness (QED) is 0.597. The predicted molar refractivity (Wildman–Crippen MR) is 92.6 cm³/mol. The van der Waals surface area contributed by atoms with E-state index in [0.717, 1.165) is 12.4 Å². The third kappa shape index (κ3) is 4.65. The average molecular weight is 353 g/mol. The Hall–Kier alpha value is -2.20. The van der Waals surface area contributed by atoms with Crippen molar-refractivity contribution in [1.29, 1.82) is 0 Å². The van der Waals surface area contributed by atoms with Crippen molar-refractivity contribution < 1.29 is 8.42 Å². The molecule has 2 aromatic rings. The highest BCUT2D eigenvalue weighted by atomic mass is 32.2. The number of aryl methyl sites for hydroxylation is 3. The van der Waals surface area contributed by atoms with Crippen LogP contribution in [0, 0.1) is 13.8 Å². The van der Waals surface area contributed by atoms with E-state index in [1.807, 2.05) is 6.92 Å². The van der Waals surface area contributed by atoms with Crippen molar-refractivity contribution in [3.63, 3.8) is 0 Å². The van der Waals surface area contributed by atoms with Crippen molar-refractivity contribution in [2.45, 2.75) is 25.8 Å². The maximum atomic E-state index is 12.2. The summed E-state index contributed by atoms with van der Waals surface area (Å²) in [6.07, 6.45) is 1.49. The van der Waals surface area contributed by atoms with Gasteiger partial charge in [-0.3, -0.25) is 0 Å². The van der Waals surface area contributed by atoms with Gasteiger partial charge in [-0.2, -0.15) is 0 Å². The number of sulfonamides is 1. The minimum absolute atomic E-state index is 0.0230. The molecule has 2 rings (SSSR count). The van der Waals surface area contributed by atoms with Gasteiger partial charge in [0.15, 0.2) is 5.03 Å². The Labute approximate surface area is 142 Å². The topological polar surface area (TPSA) is 114 Å². The zero-order valence-electron chi connectivity index (χ0n) is 14.3. The second-order valence-corrected chi connectivity index (χ2v) is 6.99. The summed E-state index contributed by atoms with van der Waals surface area (Å²) < 4.78 is 28.5. The number of rotatable bonds is 8. The Bertz CT molecular complexity index is 782. The summed E-state index contributed by atoms with van der Waals surface area (Å²) in [6.45, 7) is 6.92. The van der Waals surface area contributed by atoms with Crippen molar-refractivity contribution >= 4 is 21.7 Å². The van der Waals surface area contributed by atoms with Gasteiger partial charge in [0.1, 0.15) is 23.3 Å². The number of anilines is 2. The Balaban J connectivity index is 1.90. The third-order valence-electron chi connectivity index (χ3n) is 3.28. The van der Waals surface area contributed by atoms with E-state index in [-0.39, 0.29) is 11.6 Å². The van der Waals surface area contributed by atoms with Gasteiger partial charge >= 0.3 is 0 Å². The minimum atomic E-state index is -3.61. The molecule has 0 saturated carbocycles. The minimum Gasteiger partial charge on any atom is -0.370 e. The first-order chi connectivity index (χ1) is 11.3. The molecule has 2 aromatic heterocycles. The highest BCUT2D eigenvalue weighted by molar-refractivity contribution is 7.89. The lowest BCUT2D eigenvalue weighted by Gasteiger charge is -2.09. The van der Waals surface area contributed by atoms with Crippen LogP contribution in [0.4, 0.5) is 11.6 Å². The summed E-state index contributed by atoms with van der Waals surface area (Å²) in [5.74, 6) is 2.66. The van der Waals surface area contributed by atoms with Crippen LogP contribution in [-0.2, 0) is 17.1 Å². The molecule has 0 aliphatic rings. The first-order valence-corrected chi connectivity index (χ1v) is 9.13. The SMILES string of the molecule is CCNc1cc(NCCNS(=O)(=O)c2cn(C)c(C)n2)nc(C)n1. The van der Waals surface area contributed by atoms with Crippen LogP contribution in [0.15, 0.2) is 17.3 Å². The number of nitrogens with zero attached hydrogens (tertiary/aromatic N) is 4. The second kappa shape index (κ2) is 7.58. The molecule has 0 unspecified atom stereocenters. The van der Waals surface area contributed by atoms with Crippen LogP contribution in [-0.4, -0.2) is 47.6 Å². The molecule has 9 nitrogen and oxygen atoms in total. The molecular formula is C14H23N7O2S. The molecule has 2 heterocycles. The molecule has 24 heavy (non-hydrogen) atoms. The molecule has 0 saturated heterocycles. The van der Waals surface area contributed by atoms with E-state index < -0.39 is 10.0 Å². The van der Waals surface area contributed by atoms with Crippen LogP contribution in [0.3, 0.4) is 0 Å². The molecule has 0 radical (unpaired) electrons. The number of nitrogens with one attached hydrogen (secondary N) is 3. The van der Waals surface area contributed by atoms with Crippen molar-refractivity contribution in [3.8, 4) is 0 Å². The van der Waals surface area contributed by atoms with Gasteiger partial charge in [0, 0.05) is 38.9 Å². The number of imidazole rings is 1. The monoisotopic (exact) mass is 353 g/mol. The normalized spacial score (nSPS) is 11.5. The number of hydrogen-bond donors (Lipinski definition) is 3. The van der Waals surface area contributed by atoms with Gasteiger partial charge in [0.2, 0.25) is 0 Å². The number of aromatic nitrogens is 4. The van der Waals surface area contributed by atoms with E-state index in [2.05, 4.69) is 30.3 Å². The Morgan fingerprint density at radius 3 is 2.33 bits per heavy atom. The molecule has 0 aliphatic carbocycles. The average Bonchev–Trinajstić information content (AvgIpc) is 2.84. The highest BCUT2D eigenvalue weighted by Gasteiger charge is 2.17. The predicted octanol–water partition coefficient (Wildman–Crippen LogP) is 0.649. The van der Waals surface area contributed by atoms with Crippen LogP contribution in [0.1, 0.15) is 18.6 Å². The molecule has 0 amide bonds. The smallest absolute Gasteiger partial charge is 0.259 e. The van der Waals surface area contributed by atoms with Gasteiger partial charge in [-0.1, -0.05) is 0 Å². The fourth-order valence-electron chi connectivity index (χ4n) is 2.04. The fraction of sp³-hybridized carbons (Fsp3) is 0.500. The lowest BCUT2D eigenvalue weighted by molar-refractivity contribution is 0.579. The molecular weight excluding hydrogens is 330 g/mol. The maximum absolute atomic E-state index is 12.2. The first kappa shape index (κ1) is 18.1.